The average Bonchev–Trinajstić information content (AvgIpc) is 1.88. The molecule has 0 radical (unpaired) electrons. The largest absolute Gasteiger partial charge is 0.386 e. The maximum Gasteiger partial charge on any atom is 0.242 e. The van der Waals surface area contributed by atoms with Gasteiger partial charge in [-0.25, -0.2) is 0 Å². The molecule has 0 aromatic heterocycles. The zero-order valence-electron chi connectivity index (χ0n) is 7.20. The SMILES string of the molecule is CCCC(O)C(C)(C)[N+](=O)[O-]. The van der Waals surface area contributed by atoms with E-state index in [1.165, 1.54) is 13.8 Å². The van der Waals surface area contributed by atoms with Crippen LogP contribution in [0.2, 0.25) is 0 Å². The fourth-order valence-electron chi connectivity index (χ4n) is 0.748. The van der Waals surface area contributed by atoms with E-state index in [0.29, 0.717) is 6.42 Å². The van der Waals surface area contributed by atoms with Crippen LogP contribution in [0.3, 0.4) is 0 Å². The first-order valence-electron chi connectivity index (χ1n) is 3.75. The van der Waals surface area contributed by atoms with Crippen molar-refractivity contribution in [3.8, 4) is 0 Å². The zero-order valence-corrected chi connectivity index (χ0v) is 7.20. The molecule has 0 spiro atoms. The van der Waals surface area contributed by atoms with Crippen LogP contribution in [-0.4, -0.2) is 21.7 Å². The second-order valence-electron chi connectivity index (χ2n) is 3.22. The minimum absolute atomic E-state index is 0.437. The molecule has 1 N–H and O–H groups in total. The molecule has 0 heterocycles. The van der Waals surface area contributed by atoms with E-state index in [1.807, 2.05) is 6.92 Å². The molecule has 0 aromatic rings. The summed E-state index contributed by atoms with van der Waals surface area (Å²) in [5.74, 6) is 0. The number of nitro groups is 1. The number of hydrogen-bond acceptors (Lipinski definition) is 3. The van der Waals surface area contributed by atoms with Crippen molar-refractivity contribution in [2.75, 3.05) is 0 Å². The molecule has 1 atom stereocenters. The van der Waals surface area contributed by atoms with Gasteiger partial charge in [-0.2, -0.15) is 0 Å². The Balaban J connectivity index is 4.17. The molecule has 4 heteroatoms. The van der Waals surface area contributed by atoms with E-state index in [1.54, 1.807) is 0 Å². The summed E-state index contributed by atoms with van der Waals surface area (Å²) < 4.78 is 0. The molecule has 0 fully saturated rings. The summed E-state index contributed by atoms with van der Waals surface area (Å²) in [5, 5.41) is 19.7. The minimum Gasteiger partial charge on any atom is -0.386 e. The smallest absolute Gasteiger partial charge is 0.242 e. The van der Waals surface area contributed by atoms with Crippen molar-refractivity contribution in [2.24, 2.45) is 0 Å². The Kier molecular flexibility index (Phi) is 3.45. The molecule has 0 bridgehead atoms. The summed E-state index contributed by atoms with van der Waals surface area (Å²) in [6, 6.07) is 0. The van der Waals surface area contributed by atoms with Crippen molar-refractivity contribution in [1.82, 2.24) is 0 Å². The van der Waals surface area contributed by atoms with Gasteiger partial charge in [-0.15, -0.1) is 0 Å². The lowest BCUT2D eigenvalue weighted by Crippen LogP contribution is -2.43. The molecule has 0 aromatic carbocycles. The van der Waals surface area contributed by atoms with Gasteiger partial charge < -0.3 is 5.11 Å². The van der Waals surface area contributed by atoms with Gasteiger partial charge in [0.2, 0.25) is 5.54 Å². The van der Waals surface area contributed by atoms with Crippen LogP contribution < -0.4 is 0 Å². The van der Waals surface area contributed by atoms with E-state index in [4.69, 9.17) is 0 Å². The molecule has 1 unspecified atom stereocenters. The van der Waals surface area contributed by atoms with Crippen LogP contribution in [0.1, 0.15) is 33.6 Å². The van der Waals surface area contributed by atoms with Crippen LogP contribution >= 0.6 is 0 Å². The van der Waals surface area contributed by atoms with Gasteiger partial charge in [0, 0.05) is 18.8 Å². The predicted octanol–water partition coefficient (Wildman–Crippen LogP) is 1.20. The van der Waals surface area contributed by atoms with E-state index in [9.17, 15) is 15.2 Å². The predicted molar refractivity (Wildman–Crippen MR) is 42.0 cm³/mol. The standard InChI is InChI=1S/C7H15NO3/c1-4-5-6(9)7(2,3)8(10)11/h6,9H,4-5H2,1-3H3. The lowest BCUT2D eigenvalue weighted by Gasteiger charge is -2.21. The van der Waals surface area contributed by atoms with Crippen molar-refractivity contribution in [1.29, 1.82) is 0 Å². The summed E-state index contributed by atoms with van der Waals surface area (Å²) in [5.41, 5.74) is -1.21. The van der Waals surface area contributed by atoms with Crippen molar-refractivity contribution in [3.05, 3.63) is 10.1 Å². The molecule has 0 aliphatic rings. The molecule has 66 valence electrons. The molecule has 0 aliphatic carbocycles. The third-order valence-electron chi connectivity index (χ3n) is 1.85. The van der Waals surface area contributed by atoms with Crippen LogP contribution in [0.25, 0.3) is 0 Å². The highest BCUT2D eigenvalue weighted by atomic mass is 16.6. The molecule has 0 saturated carbocycles. The van der Waals surface area contributed by atoms with Crippen LogP contribution in [-0.2, 0) is 0 Å². The summed E-state index contributed by atoms with van der Waals surface area (Å²) >= 11 is 0. The molecular weight excluding hydrogens is 146 g/mol. The van der Waals surface area contributed by atoms with Crippen molar-refractivity contribution < 1.29 is 10.0 Å². The van der Waals surface area contributed by atoms with Crippen molar-refractivity contribution in [3.63, 3.8) is 0 Å². The van der Waals surface area contributed by atoms with Crippen molar-refractivity contribution in [2.45, 2.75) is 45.3 Å². The van der Waals surface area contributed by atoms with Crippen LogP contribution in [0.15, 0.2) is 0 Å². The number of nitrogens with zero attached hydrogens (tertiary/aromatic N) is 1. The van der Waals surface area contributed by atoms with Crippen LogP contribution in [0.4, 0.5) is 0 Å². The number of hydrogen-bond donors (Lipinski definition) is 1. The van der Waals surface area contributed by atoms with E-state index < -0.39 is 16.6 Å². The first kappa shape index (κ1) is 10.4. The number of rotatable bonds is 4. The second-order valence-corrected chi connectivity index (χ2v) is 3.22. The van der Waals surface area contributed by atoms with Crippen LogP contribution in [0, 0.1) is 10.1 Å². The Labute approximate surface area is 66.4 Å². The summed E-state index contributed by atoms with van der Waals surface area (Å²) in [6.07, 6.45) is 0.398. The first-order chi connectivity index (χ1) is 4.92. The minimum atomic E-state index is -1.21. The summed E-state index contributed by atoms with van der Waals surface area (Å²) in [7, 11) is 0. The first-order valence-corrected chi connectivity index (χ1v) is 3.75. The molecular formula is C7H15NO3. The summed E-state index contributed by atoms with van der Waals surface area (Å²) in [4.78, 5) is 9.95. The zero-order chi connectivity index (χ0) is 9.07. The quantitative estimate of drug-likeness (QED) is 0.497. The molecule has 11 heavy (non-hydrogen) atoms. The maximum atomic E-state index is 10.4. The fourth-order valence-corrected chi connectivity index (χ4v) is 0.748. The highest BCUT2D eigenvalue weighted by molar-refractivity contribution is 4.76. The van der Waals surface area contributed by atoms with Crippen molar-refractivity contribution >= 4 is 0 Å². The Morgan fingerprint density at radius 2 is 2.09 bits per heavy atom. The topological polar surface area (TPSA) is 63.4 Å². The second kappa shape index (κ2) is 3.67. The Hall–Kier alpha value is -0.640. The van der Waals surface area contributed by atoms with Gasteiger partial charge in [-0.05, 0) is 6.42 Å². The number of aliphatic hydroxyl groups excluding tert-OH is 1. The van der Waals surface area contributed by atoms with Crippen LogP contribution in [0.5, 0.6) is 0 Å². The molecule has 0 saturated heterocycles. The van der Waals surface area contributed by atoms with Gasteiger partial charge in [0.1, 0.15) is 6.10 Å². The van der Waals surface area contributed by atoms with Gasteiger partial charge in [0.05, 0.1) is 0 Å². The van der Waals surface area contributed by atoms with Gasteiger partial charge in [-0.1, -0.05) is 13.3 Å². The highest BCUT2D eigenvalue weighted by Crippen LogP contribution is 2.17. The van der Waals surface area contributed by atoms with E-state index in [0.717, 1.165) is 6.42 Å². The normalized spacial score (nSPS) is 14.5. The Morgan fingerprint density at radius 1 is 1.64 bits per heavy atom. The maximum absolute atomic E-state index is 10.4. The van der Waals surface area contributed by atoms with Gasteiger partial charge in [-0.3, -0.25) is 10.1 Å². The van der Waals surface area contributed by atoms with Gasteiger partial charge in [0.25, 0.3) is 0 Å². The van der Waals surface area contributed by atoms with E-state index in [2.05, 4.69) is 0 Å². The lowest BCUT2D eigenvalue weighted by molar-refractivity contribution is -0.573. The van der Waals surface area contributed by atoms with Gasteiger partial charge >= 0.3 is 0 Å². The monoisotopic (exact) mass is 161 g/mol. The molecule has 0 aliphatic heterocycles. The Morgan fingerprint density at radius 3 is 2.36 bits per heavy atom. The van der Waals surface area contributed by atoms with E-state index in [-0.39, 0.29) is 0 Å². The highest BCUT2D eigenvalue weighted by Gasteiger charge is 2.38. The number of aliphatic hydroxyl groups is 1. The molecule has 0 rings (SSSR count). The molecule has 4 nitrogen and oxygen atoms in total. The fraction of sp³-hybridized carbons (Fsp3) is 1.00. The lowest BCUT2D eigenvalue weighted by atomic mass is 9.95. The molecule has 0 amide bonds. The van der Waals surface area contributed by atoms with Gasteiger partial charge in [0.15, 0.2) is 0 Å². The average molecular weight is 161 g/mol. The Bertz CT molecular complexity index is 145. The third kappa shape index (κ3) is 2.46. The summed E-state index contributed by atoms with van der Waals surface area (Å²) in [6.45, 7) is 4.76. The van der Waals surface area contributed by atoms with E-state index >= 15 is 0 Å². The third-order valence-corrected chi connectivity index (χ3v) is 1.85.